The van der Waals surface area contributed by atoms with Crippen molar-refractivity contribution in [2.75, 3.05) is 0 Å². The van der Waals surface area contributed by atoms with Gasteiger partial charge in [0.2, 0.25) is 0 Å². The molecule has 5 heteroatoms. The Morgan fingerprint density at radius 1 is 1.10 bits per heavy atom. The average Bonchev–Trinajstić information content (AvgIpc) is 3.17. The molecule has 0 radical (unpaired) electrons. The fraction of sp³-hybridized carbons (Fsp3) is 0.269. The lowest BCUT2D eigenvalue weighted by Gasteiger charge is -2.34. The Morgan fingerprint density at radius 2 is 1.94 bits per heavy atom. The number of allylic oxidation sites excluding steroid dienone is 4. The summed E-state index contributed by atoms with van der Waals surface area (Å²) in [7, 11) is 0. The fourth-order valence-corrected chi connectivity index (χ4v) is 4.80. The van der Waals surface area contributed by atoms with Gasteiger partial charge in [-0.1, -0.05) is 48.6 Å². The van der Waals surface area contributed by atoms with Gasteiger partial charge in [0.1, 0.15) is 0 Å². The van der Waals surface area contributed by atoms with E-state index in [0.29, 0.717) is 5.92 Å². The second-order valence-corrected chi connectivity index (χ2v) is 8.74. The predicted molar refractivity (Wildman–Crippen MR) is 122 cm³/mol. The van der Waals surface area contributed by atoms with E-state index in [1.807, 2.05) is 29.8 Å². The third-order valence-electron chi connectivity index (χ3n) is 6.56. The number of benzene rings is 1. The topological polar surface area (TPSA) is 63.3 Å². The first-order valence-electron chi connectivity index (χ1n) is 10.9. The maximum Gasteiger partial charge on any atom is 0.164 e. The van der Waals surface area contributed by atoms with E-state index in [0.717, 1.165) is 58.5 Å². The first-order chi connectivity index (χ1) is 15.2. The number of aryl methyl sites for hydroxylation is 1. The van der Waals surface area contributed by atoms with Crippen LogP contribution in [0.5, 0.6) is 0 Å². The molecule has 154 valence electrons. The van der Waals surface area contributed by atoms with Gasteiger partial charge in [0, 0.05) is 29.1 Å². The Balaban J connectivity index is 1.48. The highest BCUT2D eigenvalue weighted by Crippen LogP contribution is 2.40. The number of rotatable bonds is 3. The summed E-state index contributed by atoms with van der Waals surface area (Å²) in [5.74, 6) is 0.705. The zero-order chi connectivity index (χ0) is 20.9. The van der Waals surface area contributed by atoms with E-state index < -0.39 is 0 Å². The van der Waals surface area contributed by atoms with Crippen LogP contribution in [0, 0.1) is 12.8 Å². The van der Waals surface area contributed by atoms with Crippen molar-refractivity contribution in [3.63, 3.8) is 0 Å². The molecule has 6 rings (SSSR count). The lowest BCUT2D eigenvalue weighted by atomic mass is 9.74. The minimum atomic E-state index is -0.127. The second-order valence-electron chi connectivity index (χ2n) is 8.74. The molecule has 0 saturated heterocycles. The summed E-state index contributed by atoms with van der Waals surface area (Å²) in [6.07, 6.45) is 11.3. The lowest BCUT2D eigenvalue weighted by Crippen LogP contribution is -2.29. The minimum absolute atomic E-state index is 0.127. The smallest absolute Gasteiger partial charge is 0.164 e. The van der Waals surface area contributed by atoms with Gasteiger partial charge >= 0.3 is 0 Å². The van der Waals surface area contributed by atoms with E-state index in [1.165, 1.54) is 5.57 Å². The molecule has 0 spiro atoms. The number of fused-ring (bicyclic) bond motifs is 3. The fourth-order valence-electron chi connectivity index (χ4n) is 4.80. The maximum absolute atomic E-state index is 9.66. The molecule has 0 amide bonds. The molecule has 3 heterocycles. The van der Waals surface area contributed by atoms with Crippen LogP contribution in [-0.4, -0.2) is 30.8 Å². The number of aromatic nitrogens is 4. The van der Waals surface area contributed by atoms with Crippen molar-refractivity contribution in [1.82, 2.24) is 19.6 Å². The van der Waals surface area contributed by atoms with Crippen molar-refractivity contribution >= 4 is 16.7 Å². The Bertz CT molecular complexity index is 1350. The van der Waals surface area contributed by atoms with E-state index in [4.69, 9.17) is 4.98 Å². The molecule has 1 unspecified atom stereocenters. The number of hydrogen-bond acceptors (Lipinski definition) is 4. The van der Waals surface area contributed by atoms with Crippen LogP contribution in [0.2, 0.25) is 0 Å². The number of hydrogen-bond donors (Lipinski definition) is 1. The molecule has 0 bridgehead atoms. The van der Waals surface area contributed by atoms with Crippen LogP contribution >= 0.6 is 0 Å². The quantitative estimate of drug-likeness (QED) is 0.518. The van der Waals surface area contributed by atoms with Crippen LogP contribution in [0.25, 0.3) is 27.8 Å². The summed E-state index contributed by atoms with van der Waals surface area (Å²) in [6, 6.07) is 14.6. The number of aliphatic hydroxyl groups is 1. The normalized spacial score (nSPS) is 23.2. The minimum Gasteiger partial charge on any atom is -0.393 e. The van der Waals surface area contributed by atoms with Crippen molar-refractivity contribution in [2.24, 2.45) is 5.92 Å². The highest BCUT2D eigenvalue weighted by atomic mass is 16.3. The molecule has 3 aromatic heterocycles. The molecule has 0 aliphatic heterocycles. The van der Waals surface area contributed by atoms with Crippen LogP contribution in [0.4, 0.5) is 0 Å². The van der Waals surface area contributed by atoms with Crippen molar-refractivity contribution in [3.8, 4) is 11.1 Å². The molecule has 1 aromatic carbocycles. The summed E-state index contributed by atoms with van der Waals surface area (Å²) in [4.78, 5) is 9.75. The third-order valence-corrected chi connectivity index (χ3v) is 6.56. The predicted octanol–water partition coefficient (Wildman–Crippen LogP) is 4.99. The van der Waals surface area contributed by atoms with Gasteiger partial charge in [-0.15, -0.1) is 0 Å². The summed E-state index contributed by atoms with van der Waals surface area (Å²) >= 11 is 0. The Morgan fingerprint density at radius 3 is 2.68 bits per heavy atom. The summed E-state index contributed by atoms with van der Waals surface area (Å²) in [5, 5.41) is 15.3. The summed E-state index contributed by atoms with van der Waals surface area (Å²) < 4.78 is 1.85. The Hall–Kier alpha value is -3.31. The first-order valence-corrected chi connectivity index (χ1v) is 10.9. The van der Waals surface area contributed by atoms with Gasteiger partial charge in [0.25, 0.3) is 0 Å². The molecule has 1 N–H and O–H groups in total. The van der Waals surface area contributed by atoms with Crippen LogP contribution in [0.1, 0.15) is 36.6 Å². The van der Waals surface area contributed by atoms with Gasteiger partial charge in [-0.3, -0.25) is 0 Å². The van der Waals surface area contributed by atoms with Gasteiger partial charge in [-0.2, -0.15) is 9.61 Å². The summed E-state index contributed by atoms with van der Waals surface area (Å²) in [6.45, 7) is 1.98. The molecule has 4 aromatic rings. The molecule has 1 fully saturated rings. The Labute approximate surface area is 180 Å². The molecule has 1 saturated carbocycles. The van der Waals surface area contributed by atoms with Gasteiger partial charge in [-0.25, -0.2) is 9.97 Å². The Kier molecular flexibility index (Phi) is 4.25. The van der Waals surface area contributed by atoms with E-state index in [9.17, 15) is 5.11 Å². The van der Waals surface area contributed by atoms with Crippen molar-refractivity contribution in [3.05, 3.63) is 83.9 Å². The highest BCUT2D eigenvalue weighted by molar-refractivity contribution is 5.84. The largest absolute Gasteiger partial charge is 0.393 e. The van der Waals surface area contributed by atoms with Crippen molar-refractivity contribution < 1.29 is 5.11 Å². The zero-order valence-electron chi connectivity index (χ0n) is 17.4. The van der Waals surface area contributed by atoms with E-state index in [2.05, 4.69) is 58.6 Å². The summed E-state index contributed by atoms with van der Waals surface area (Å²) in [5.41, 5.74) is 7.33. The number of pyridine rings is 1. The third kappa shape index (κ3) is 3.17. The van der Waals surface area contributed by atoms with Crippen LogP contribution < -0.4 is 0 Å². The zero-order valence-corrected chi connectivity index (χ0v) is 17.4. The lowest BCUT2D eigenvalue weighted by molar-refractivity contribution is 0.0594. The van der Waals surface area contributed by atoms with Crippen molar-refractivity contribution in [1.29, 1.82) is 0 Å². The molecule has 2 aliphatic carbocycles. The number of nitrogens with zero attached hydrogens (tertiary/aromatic N) is 4. The molecule has 2 aliphatic rings. The van der Waals surface area contributed by atoms with E-state index >= 15 is 0 Å². The van der Waals surface area contributed by atoms with Gasteiger partial charge in [0.05, 0.1) is 17.5 Å². The molecule has 1 atom stereocenters. The maximum atomic E-state index is 9.66. The molecular formula is C26H24N4O. The second kappa shape index (κ2) is 7.13. The molecule has 5 nitrogen and oxygen atoms in total. The van der Waals surface area contributed by atoms with Crippen LogP contribution in [0.3, 0.4) is 0 Å². The van der Waals surface area contributed by atoms with Gasteiger partial charge in [-0.05, 0) is 49.3 Å². The molecule has 31 heavy (non-hydrogen) atoms. The van der Waals surface area contributed by atoms with E-state index in [-0.39, 0.29) is 12.0 Å². The van der Waals surface area contributed by atoms with E-state index in [1.54, 1.807) is 0 Å². The van der Waals surface area contributed by atoms with Gasteiger partial charge in [0.15, 0.2) is 11.3 Å². The van der Waals surface area contributed by atoms with Gasteiger partial charge < -0.3 is 5.11 Å². The average molecular weight is 409 g/mol. The molecular weight excluding hydrogens is 384 g/mol. The standard InChI is InChI=1S/C26H24N4O/c1-16-11-24-27-15-21-14-23(18-5-3-2-4-6-18)25(28-26(21)30(24)29-16)19-9-7-17(8-10-19)20-12-22(31)13-20/h2-9,11,14-15,19-20,22,31H,10,12-13H2,1H3. The number of aliphatic hydroxyl groups excluding tert-OH is 1. The highest BCUT2D eigenvalue weighted by Gasteiger charge is 2.30. The monoisotopic (exact) mass is 408 g/mol. The van der Waals surface area contributed by atoms with Crippen LogP contribution in [-0.2, 0) is 0 Å². The first kappa shape index (κ1) is 18.5. The SMILES string of the molecule is Cc1cc2ncc3cc(-c4ccccc4)c(C4C=CC(C5CC(O)C5)=CC4)nc3n2n1. The van der Waals surface area contributed by atoms with Crippen LogP contribution in [0.15, 0.2) is 72.5 Å². The van der Waals surface area contributed by atoms with Crippen molar-refractivity contribution in [2.45, 2.75) is 38.2 Å².